The monoisotopic (exact) mass is 697 g/mol. The molecule has 2 saturated carbocycles. The highest BCUT2D eigenvalue weighted by Crippen LogP contribution is 2.47. The minimum atomic E-state index is -3.81. The molecule has 2 aliphatic heterocycles. The molecule has 5 atom stereocenters. The summed E-state index contributed by atoms with van der Waals surface area (Å²) in [5.41, 5.74) is 6.98. The van der Waals surface area contributed by atoms with Crippen molar-refractivity contribution in [2.24, 2.45) is 11.7 Å². The summed E-state index contributed by atoms with van der Waals surface area (Å²) in [4.78, 5) is 34.2. The van der Waals surface area contributed by atoms with Gasteiger partial charge in [-0.15, -0.1) is 0 Å². The van der Waals surface area contributed by atoms with Gasteiger partial charge in [0.05, 0.1) is 36.1 Å². The second-order valence-electron chi connectivity index (χ2n) is 14.8. The molecule has 1 saturated heterocycles. The van der Waals surface area contributed by atoms with Crippen LogP contribution in [-0.2, 0) is 19.6 Å². The molecule has 1 aromatic carbocycles. The average Bonchev–Trinajstić information content (AvgIpc) is 3.94. The molecule has 13 heteroatoms. The van der Waals surface area contributed by atoms with Gasteiger partial charge in [-0.05, 0) is 78.4 Å². The van der Waals surface area contributed by atoms with Crippen LogP contribution in [0.25, 0.3) is 10.9 Å². The first kappa shape index (κ1) is 35.4. The molecule has 268 valence electrons. The van der Waals surface area contributed by atoms with Crippen LogP contribution in [-0.4, -0.2) is 84.9 Å². The lowest BCUT2D eigenvalue weighted by Gasteiger charge is -2.29. The van der Waals surface area contributed by atoms with Crippen LogP contribution >= 0.6 is 0 Å². The summed E-state index contributed by atoms with van der Waals surface area (Å²) in [6.45, 7) is 8.07. The van der Waals surface area contributed by atoms with Crippen LogP contribution in [0.1, 0.15) is 84.1 Å². The van der Waals surface area contributed by atoms with E-state index in [0.717, 1.165) is 36.6 Å². The topological polar surface area (TPSA) is 162 Å². The molecule has 4 N–H and O–H groups in total. The Morgan fingerprint density at radius 3 is 2.67 bits per heavy atom. The van der Waals surface area contributed by atoms with E-state index in [0.29, 0.717) is 61.5 Å². The van der Waals surface area contributed by atoms with Gasteiger partial charge in [-0.25, -0.2) is 13.4 Å². The first-order valence-corrected chi connectivity index (χ1v) is 19.1. The van der Waals surface area contributed by atoms with Gasteiger partial charge in [0.15, 0.2) is 0 Å². The van der Waals surface area contributed by atoms with Gasteiger partial charge in [-0.3, -0.25) is 14.3 Å². The van der Waals surface area contributed by atoms with E-state index in [1.54, 1.807) is 25.0 Å². The lowest BCUT2D eigenvalue weighted by Crippen LogP contribution is -2.55. The van der Waals surface area contributed by atoms with Crippen molar-refractivity contribution in [2.45, 2.75) is 120 Å². The number of nitrogens with zero attached hydrogens (tertiary/aromatic N) is 2. The van der Waals surface area contributed by atoms with Crippen LogP contribution in [0.5, 0.6) is 17.4 Å². The third kappa shape index (κ3) is 7.25. The van der Waals surface area contributed by atoms with E-state index in [-0.39, 0.29) is 36.6 Å². The molecule has 0 radical (unpaired) electrons. The summed E-state index contributed by atoms with van der Waals surface area (Å²) in [5.74, 6) is 0.887. The lowest BCUT2D eigenvalue weighted by atomic mass is 10.1. The number of fused-ring (bicyclic) bond motifs is 3. The van der Waals surface area contributed by atoms with Crippen molar-refractivity contribution in [1.29, 1.82) is 0 Å². The number of pyridine rings is 1. The van der Waals surface area contributed by atoms with Gasteiger partial charge >= 0.3 is 0 Å². The third-order valence-electron chi connectivity index (χ3n) is 10.6. The Morgan fingerprint density at radius 1 is 1.18 bits per heavy atom. The SMILES string of the molecule is COc1ccc2c(OC3CC4CNC5(C(=O)NS(=O)(=O)C6(C)CC6)CC5C=CCCCCCC(N)C(=O)N4C3)cc(OC(C)C)nc2c1C. The molecule has 6 rings (SSSR count). The van der Waals surface area contributed by atoms with Crippen molar-refractivity contribution in [3.63, 3.8) is 0 Å². The number of benzene rings is 1. The van der Waals surface area contributed by atoms with Crippen molar-refractivity contribution in [3.05, 3.63) is 35.9 Å². The highest BCUT2D eigenvalue weighted by molar-refractivity contribution is 7.91. The Morgan fingerprint density at radius 2 is 1.96 bits per heavy atom. The van der Waals surface area contributed by atoms with Crippen LogP contribution in [0.4, 0.5) is 0 Å². The molecular weight excluding hydrogens is 646 g/mol. The second-order valence-corrected chi connectivity index (χ2v) is 17.0. The maximum atomic E-state index is 13.9. The smallest absolute Gasteiger partial charge is 0.254 e. The van der Waals surface area contributed by atoms with Gasteiger partial charge in [0.25, 0.3) is 5.91 Å². The van der Waals surface area contributed by atoms with E-state index in [1.165, 1.54) is 0 Å². The maximum Gasteiger partial charge on any atom is 0.254 e. The van der Waals surface area contributed by atoms with Crippen LogP contribution in [0.15, 0.2) is 30.4 Å². The molecule has 5 unspecified atom stereocenters. The standard InChI is InChI=1S/C36H51N5O7S/c1-22(2)47-31-18-30(27-13-14-29(46-5)23(3)32(27)39-31)48-26-17-25-20-38-36(34(43)40-49(44,45)35(4)15-16-35)19-24(36)11-9-7-6-8-10-12-28(37)33(42)41(25)21-26/h9,11,13-14,18,22,24-26,28,38H,6-8,10,12,15-17,19-21,37H2,1-5H3,(H,40,43). The predicted molar refractivity (Wildman–Crippen MR) is 187 cm³/mol. The first-order chi connectivity index (χ1) is 23.3. The number of carbonyl (C=O) groups excluding carboxylic acids is 2. The normalized spacial score (nSPS) is 28.6. The van der Waals surface area contributed by atoms with Crippen molar-refractivity contribution in [3.8, 4) is 17.4 Å². The molecule has 2 aromatic rings. The van der Waals surface area contributed by atoms with Gasteiger partial charge in [-0.2, -0.15) is 0 Å². The molecule has 0 bridgehead atoms. The predicted octanol–water partition coefficient (Wildman–Crippen LogP) is 3.88. The number of aromatic nitrogens is 1. The van der Waals surface area contributed by atoms with E-state index in [2.05, 4.69) is 16.1 Å². The molecule has 12 nitrogen and oxygen atoms in total. The number of carbonyl (C=O) groups is 2. The number of amides is 2. The summed E-state index contributed by atoms with van der Waals surface area (Å²) in [6.07, 6.45) is 9.83. The summed E-state index contributed by atoms with van der Waals surface area (Å²) in [5, 5.41) is 4.24. The molecule has 2 aliphatic carbocycles. The number of methoxy groups -OCH3 is 1. The Hall–Kier alpha value is -3.42. The third-order valence-corrected chi connectivity index (χ3v) is 12.8. The van der Waals surface area contributed by atoms with Gasteiger partial charge in [-0.1, -0.05) is 25.0 Å². The minimum Gasteiger partial charge on any atom is -0.496 e. The number of nitrogens with two attached hydrogens (primary N) is 1. The summed E-state index contributed by atoms with van der Waals surface area (Å²) in [7, 11) is -2.19. The number of sulfonamides is 1. The summed E-state index contributed by atoms with van der Waals surface area (Å²) >= 11 is 0. The first-order valence-electron chi connectivity index (χ1n) is 17.6. The maximum absolute atomic E-state index is 13.9. The van der Waals surface area contributed by atoms with Crippen molar-refractivity contribution < 1.29 is 32.2 Å². The minimum absolute atomic E-state index is 0.103. The average molecular weight is 698 g/mol. The highest BCUT2D eigenvalue weighted by atomic mass is 32.2. The number of nitrogens with one attached hydrogen (secondary N) is 2. The fourth-order valence-electron chi connectivity index (χ4n) is 7.13. The van der Waals surface area contributed by atoms with Gasteiger partial charge in [0, 0.05) is 41.9 Å². The van der Waals surface area contributed by atoms with Crippen LogP contribution in [0.3, 0.4) is 0 Å². The molecule has 0 spiro atoms. The summed E-state index contributed by atoms with van der Waals surface area (Å²) in [6, 6.07) is 4.60. The zero-order valence-corrected chi connectivity index (χ0v) is 30.1. The molecule has 2 amide bonds. The number of rotatable bonds is 8. The quantitative estimate of drug-likeness (QED) is 0.345. The Labute approximate surface area is 289 Å². The Bertz CT molecular complexity index is 1730. The van der Waals surface area contributed by atoms with E-state index >= 15 is 0 Å². The lowest BCUT2D eigenvalue weighted by molar-refractivity contribution is -0.133. The number of hydrogen-bond donors (Lipinski definition) is 3. The van der Waals surface area contributed by atoms with E-state index in [4.69, 9.17) is 24.9 Å². The zero-order chi connectivity index (χ0) is 35.1. The van der Waals surface area contributed by atoms with Crippen LogP contribution in [0, 0.1) is 12.8 Å². The van der Waals surface area contributed by atoms with Crippen molar-refractivity contribution in [2.75, 3.05) is 20.2 Å². The highest BCUT2D eigenvalue weighted by Gasteiger charge is 2.61. The molecular formula is C36H51N5O7S. The fourth-order valence-corrected chi connectivity index (χ4v) is 8.44. The summed E-state index contributed by atoms with van der Waals surface area (Å²) < 4.78 is 45.9. The Balaban J connectivity index is 1.28. The molecule has 49 heavy (non-hydrogen) atoms. The number of hydrogen-bond acceptors (Lipinski definition) is 10. The van der Waals surface area contributed by atoms with E-state index < -0.39 is 32.3 Å². The van der Waals surface area contributed by atoms with Crippen molar-refractivity contribution >= 4 is 32.7 Å². The number of ether oxygens (including phenoxy) is 3. The van der Waals surface area contributed by atoms with Crippen LogP contribution < -0.4 is 30.0 Å². The zero-order valence-electron chi connectivity index (χ0n) is 29.3. The molecule has 4 aliphatic rings. The molecule has 3 fully saturated rings. The second kappa shape index (κ2) is 13.7. The molecule has 1 aromatic heterocycles. The number of allylic oxidation sites excluding steroid dienone is 1. The van der Waals surface area contributed by atoms with E-state index in [1.807, 2.05) is 39.0 Å². The van der Waals surface area contributed by atoms with Crippen LogP contribution in [0.2, 0.25) is 0 Å². The molecule has 3 heterocycles. The van der Waals surface area contributed by atoms with Gasteiger partial charge < -0.3 is 30.2 Å². The van der Waals surface area contributed by atoms with E-state index in [9.17, 15) is 18.0 Å². The van der Waals surface area contributed by atoms with Gasteiger partial charge in [0.2, 0.25) is 21.8 Å². The van der Waals surface area contributed by atoms with Crippen molar-refractivity contribution in [1.82, 2.24) is 19.9 Å². The largest absolute Gasteiger partial charge is 0.496 e. The number of aryl methyl sites for hydroxylation is 1. The van der Waals surface area contributed by atoms with Gasteiger partial charge in [0.1, 0.15) is 23.1 Å². The fraction of sp³-hybridized carbons (Fsp3) is 0.639. The Kier molecular flexibility index (Phi) is 9.91.